The average molecular weight is 1260 g/mol. The number of amides is 1. The molecule has 0 aromatic carbocycles. The third-order valence-corrected chi connectivity index (χ3v) is 19.3. The van der Waals surface area contributed by atoms with E-state index >= 15 is 0 Å². The van der Waals surface area contributed by atoms with Crippen molar-refractivity contribution in [1.29, 1.82) is 0 Å². The highest BCUT2D eigenvalue weighted by Crippen LogP contribution is 2.30. The fourth-order valence-electron chi connectivity index (χ4n) is 13.2. The highest BCUT2D eigenvalue weighted by atomic mass is 16.7. The Morgan fingerprint density at radius 2 is 0.648 bits per heavy atom. The zero-order chi connectivity index (χ0) is 63.8. The zero-order valence-electron chi connectivity index (χ0n) is 57.3. The van der Waals surface area contributed by atoms with Gasteiger partial charge in [-0.2, -0.15) is 0 Å². The molecule has 12 unspecified atom stereocenters. The third kappa shape index (κ3) is 43.1. The molecule has 0 aromatic heterocycles. The molecule has 2 saturated heterocycles. The summed E-state index contributed by atoms with van der Waals surface area (Å²) in [6, 6.07) is -0.825. The van der Waals surface area contributed by atoms with Gasteiger partial charge in [0.1, 0.15) is 48.8 Å². The molecule has 0 bridgehead atoms. The van der Waals surface area contributed by atoms with Crippen LogP contribution >= 0.6 is 0 Å². The van der Waals surface area contributed by atoms with Crippen molar-refractivity contribution in [3.63, 3.8) is 0 Å². The maximum absolute atomic E-state index is 13.4. The van der Waals surface area contributed by atoms with Crippen LogP contribution < -0.4 is 5.32 Å². The van der Waals surface area contributed by atoms with Crippen LogP contribution in [0, 0.1) is 0 Å². The summed E-state index contributed by atoms with van der Waals surface area (Å²) in [7, 11) is 0. The van der Waals surface area contributed by atoms with Gasteiger partial charge in [0.15, 0.2) is 12.6 Å². The molecule has 14 nitrogen and oxygen atoms in total. The summed E-state index contributed by atoms with van der Waals surface area (Å²) in [6.45, 7) is 2.94. The van der Waals surface area contributed by atoms with E-state index in [-0.39, 0.29) is 12.5 Å². The van der Waals surface area contributed by atoms with Crippen molar-refractivity contribution in [2.45, 2.75) is 447 Å². The summed E-state index contributed by atoms with van der Waals surface area (Å²) in [5.41, 5.74) is 0. The topological polar surface area (TPSA) is 228 Å². The van der Waals surface area contributed by atoms with Gasteiger partial charge >= 0.3 is 0 Å². The number of aliphatic hydroxyl groups is 8. The fourth-order valence-corrected chi connectivity index (χ4v) is 13.2. The summed E-state index contributed by atoms with van der Waals surface area (Å²) >= 11 is 0. The molecule has 0 aliphatic carbocycles. The van der Waals surface area contributed by atoms with Crippen molar-refractivity contribution in [3.8, 4) is 0 Å². The van der Waals surface area contributed by atoms with E-state index in [1.807, 2.05) is 0 Å². The molecule has 0 radical (unpaired) electrons. The normalized spacial score (nSPS) is 23.0. The minimum absolute atomic E-state index is 0.196. The van der Waals surface area contributed by atoms with Crippen molar-refractivity contribution >= 4 is 5.91 Å². The molecule has 2 fully saturated rings. The molecule has 2 rings (SSSR count). The Morgan fingerprint density at radius 3 is 0.966 bits per heavy atom. The molecule has 0 spiro atoms. The van der Waals surface area contributed by atoms with Gasteiger partial charge in [0.2, 0.25) is 5.91 Å². The molecule has 0 aromatic rings. The third-order valence-electron chi connectivity index (χ3n) is 19.3. The first kappa shape index (κ1) is 83.1. The number of hydrogen-bond donors (Lipinski definition) is 9. The second-order valence-electron chi connectivity index (χ2n) is 27.5. The van der Waals surface area contributed by atoms with Gasteiger partial charge in [-0.15, -0.1) is 0 Å². The van der Waals surface area contributed by atoms with Crippen LogP contribution in [0.3, 0.4) is 0 Å². The molecule has 14 heteroatoms. The van der Waals surface area contributed by atoms with E-state index in [4.69, 9.17) is 18.9 Å². The van der Waals surface area contributed by atoms with Gasteiger partial charge in [0, 0.05) is 6.42 Å². The van der Waals surface area contributed by atoms with Crippen molar-refractivity contribution in [2.75, 3.05) is 19.8 Å². The number of carbonyl (C=O) groups excluding carboxylic acids is 1. The molecule has 524 valence electrons. The van der Waals surface area contributed by atoms with E-state index in [0.29, 0.717) is 12.8 Å². The monoisotopic (exact) mass is 1260 g/mol. The van der Waals surface area contributed by atoms with Crippen molar-refractivity contribution in [1.82, 2.24) is 5.32 Å². The molecule has 12 atom stereocenters. The highest BCUT2D eigenvalue weighted by molar-refractivity contribution is 5.76. The first-order valence-electron chi connectivity index (χ1n) is 38.3. The molecule has 9 N–H and O–H groups in total. The predicted molar refractivity (Wildman–Crippen MR) is 360 cm³/mol. The largest absolute Gasteiger partial charge is 0.394 e. The lowest BCUT2D eigenvalue weighted by Gasteiger charge is -2.46. The number of hydrogen-bond acceptors (Lipinski definition) is 13. The summed E-state index contributed by atoms with van der Waals surface area (Å²) in [6.07, 6.45) is 55.6. The van der Waals surface area contributed by atoms with Crippen LogP contribution in [0.15, 0.2) is 0 Å². The minimum atomic E-state index is -1.78. The number of ether oxygens (including phenoxy) is 4. The van der Waals surface area contributed by atoms with Crippen LogP contribution in [0.25, 0.3) is 0 Å². The van der Waals surface area contributed by atoms with E-state index in [1.54, 1.807) is 0 Å². The summed E-state index contributed by atoms with van der Waals surface area (Å²) < 4.78 is 23.0. The number of rotatable bonds is 65. The van der Waals surface area contributed by atoms with Crippen molar-refractivity contribution < 1.29 is 64.6 Å². The maximum Gasteiger partial charge on any atom is 0.220 e. The second kappa shape index (κ2) is 59.7. The molecular weight excluding hydrogens is 1110 g/mol. The fraction of sp³-hybridized carbons (Fsp3) is 0.986. The second-order valence-corrected chi connectivity index (χ2v) is 27.5. The lowest BCUT2D eigenvalue weighted by molar-refractivity contribution is -0.359. The number of carbonyl (C=O) groups is 1. The molecule has 88 heavy (non-hydrogen) atoms. The lowest BCUT2D eigenvalue weighted by Crippen LogP contribution is -2.65. The highest BCUT2D eigenvalue weighted by Gasteiger charge is 2.51. The van der Waals surface area contributed by atoms with Crippen LogP contribution in [0.2, 0.25) is 0 Å². The lowest BCUT2D eigenvalue weighted by atomic mass is 9.97. The minimum Gasteiger partial charge on any atom is -0.394 e. The van der Waals surface area contributed by atoms with Crippen LogP contribution in [0.4, 0.5) is 0 Å². The smallest absolute Gasteiger partial charge is 0.220 e. The van der Waals surface area contributed by atoms with E-state index in [2.05, 4.69) is 19.2 Å². The molecule has 2 heterocycles. The molecule has 0 saturated carbocycles. The van der Waals surface area contributed by atoms with Crippen molar-refractivity contribution in [2.24, 2.45) is 0 Å². The van der Waals surface area contributed by atoms with E-state index in [0.717, 1.165) is 51.4 Å². The predicted octanol–water partition coefficient (Wildman–Crippen LogP) is 16.4. The van der Waals surface area contributed by atoms with Gasteiger partial charge in [0.25, 0.3) is 0 Å². The quantitative estimate of drug-likeness (QED) is 0.0259. The summed E-state index contributed by atoms with van der Waals surface area (Å²) in [5, 5.41) is 87.8. The van der Waals surface area contributed by atoms with Crippen LogP contribution in [-0.4, -0.2) is 140 Å². The van der Waals surface area contributed by atoms with Gasteiger partial charge in [-0.3, -0.25) is 4.79 Å². The Balaban J connectivity index is 1.62. The Hall–Kier alpha value is -1.01. The summed E-state index contributed by atoms with van der Waals surface area (Å²) in [5.74, 6) is -0.196. The maximum atomic E-state index is 13.4. The number of aliphatic hydroxyl groups excluding tert-OH is 8. The van der Waals surface area contributed by atoms with Gasteiger partial charge in [-0.05, 0) is 12.8 Å². The average Bonchev–Trinajstić information content (AvgIpc) is 2.07. The Kier molecular flexibility index (Phi) is 56.4. The van der Waals surface area contributed by atoms with Gasteiger partial charge in [-0.1, -0.05) is 354 Å². The van der Waals surface area contributed by atoms with Crippen LogP contribution in [0.5, 0.6) is 0 Å². The Labute approximate surface area is 540 Å². The Morgan fingerprint density at radius 1 is 0.364 bits per heavy atom. The number of unbranched alkanes of at least 4 members (excludes halogenated alkanes) is 52. The van der Waals surface area contributed by atoms with Crippen LogP contribution in [-0.2, 0) is 23.7 Å². The van der Waals surface area contributed by atoms with Crippen molar-refractivity contribution in [3.05, 3.63) is 0 Å². The molecule has 2 aliphatic heterocycles. The van der Waals surface area contributed by atoms with Gasteiger partial charge in [-0.25, -0.2) is 0 Å². The first-order valence-corrected chi connectivity index (χ1v) is 38.3. The SMILES string of the molecule is CCCCCCCCCCCCCCCCCCCCCCCCCCCCCCCCCC(O)C(COC1OC(CO)C(OC2OC(CO)C(O)C(O)C2O)C(O)C1O)NC(=O)CCCCCCCCCCCCCCCCCCCCCCCCC. The van der Waals surface area contributed by atoms with Crippen LogP contribution in [0.1, 0.15) is 373 Å². The van der Waals surface area contributed by atoms with E-state index in [9.17, 15) is 45.6 Å². The molecular formula is C74H145NO13. The molecule has 1 amide bonds. The first-order chi connectivity index (χ1) is 43.1. The summed E-state index contributed by atoms with van der Waals surface area (Å²) in [4.78, 5) is 13.4. The zero-order valence-corrected chi connectivity index (χ0v) is 57.3. The Bertz CT molecular complexity index is 1480. The number of nitrogens with one attached hydrogen (secondary N) is 1. The van der Waals surface area contributed by atoms with Gasteiger partial charge < -0.3 is 65.1 Å². The standard InChI is InChI=1S/C74H145NO13/c1-3-5-7-9-11-13-15-17-19-21-23-25-27-28-29-30-31-32-33-34-36-37-39-41-43-45-47-49-51-53-55-57-63(78)62(61-85-73-71(84)69(82)72(65(60-77)87-73)88-74-70(83)68(81)67(80)64(59-76)86-74)75-66(79)58-56-54-52-50-48-46-44-42-40-38-35-26-24-22-20-18-16-14-12-10-8-6-4-2/h62-65,67-74,76-78,80-84H,3-61H2,1-2H3,(H,75,79). The molecule has 2 aliphatic rings. The van der Waals surface area contributed by atoms with E-state index in [1.165, 1.54) is 295 Å². The van der Waals surface area contributed by atoms with Gasteiger partial charge in [0.05, 0.1) is 32.0 Å². The van der Waals surface area contributed by atoms with E-state index < -0.39 is 86.8 Å².